The number of allylic oxidation sites excluding steroid dienone is 3. The molecule has 0 fully saturated rings. The highest BCUT2D eigenvalue weighted by molar-refractivity contribution is 7.47. The molecule has 9 heteroatoms. The first-order chi connectivity index (χ1) is 27.0. The molecule has 0 aliphatic carbocycles. The van der Waals surface area contributed by atoms with Crippen LogP contribution in [-0.2, 0) is 18.4 Å². The van der Waals surface area contributed by atoms with E-state index >= 15 is 0 Å². The highest BCUT2D eigenvalue weighted by atomic mass is 31.2. The Kier molecular flexibility index (Phi) is 38.7. The smallest absolute Gasteiger partial charge is 0.387 e. The van der Waals surface area contributed by atoms with Gasteiger partial charge in [0.05, 0.1) is 39.9 Å². The lowest BCUT2D eigenvalue weighted by molar-refractivity contribution is -0.870. The molecule has 0 spiro atoms. The van der Waals surface area contributed by atoms with Gasteiger partial charge in [-0.3, -0.25) is 13.8 Å². The quantitative estimate of drug-likeness (QED) is 0.0245. The molecular formula is C47H94N2O6P+. The number of carbonyl (C=O) groups excluding carboxylic acids is 1. The van der Waals surface area contributed by atoms with Crippen molar-refractivity contribution in [2.45, 2.75) is 231 Å². The van der Waals surface area contributed by atoms with Crippen LogP contribution in [0, 0.1) is 0 Å². The number of rotatable bonds is 43. The standard InChI is InChI=1S/C47H93N2O6P/c1-6-8-10-12-14-16-18-19-20-21-22-23-24-25-26-27-28-29-31-33-35-37-39-41-47(51)48-45(44-55-56(52,53)54-43-42-49(3,4)5)46(50)40-38-36-34-32-30-17-15-13-11-9-7-2/h25-26,38,40,45-46,50H,6-24,27-37,39,41-44H2,1-5H3,(H-,48,51,52,53)/p+1/b26-25-,40-38+. The van der Waals surface area contributed by atoms with E-state index in [1.807, 2.05) is 27.2 Å². The molecule has 0 heterocycles. The fourth-order valence-electron chi connectivity index (χ4n) is 6.86. The molecule has 0 bridgehead atoms. The van der Waals surface area contributed by atoms with Crippen molar-refractivity contribution < 1.29 is 32.9 Å². The normalized spacial score (nSPS) is 14.5. The number of aliphatic hydroxyl groups is 1. The van der Waals surface area contributed by atoms with Crippen LogP contribution in [-0.4, -0.2) is 73.4 Å². The fourth-order valence-corrected chi connectivity index (χ4v) is 7.60. The molecule has 0 aliphatic heterocycles. The van der Waals surface area contributed by atoms with Crippen LogP contribution in [0.25, 0.3) is 0 Å². The maximum atomic E-state index is 12.9. The Balaban J connectivity index is 4.24. The third kappa shape index (κ3) is 41.2. The number of hydrogen-bond donors (Lipinski definition) is 3. The summed E-state index contributed by atoms with van der Waals surface area (Å²) in [6.45, 7) is 4.81. The first kappa shape index (κ1) is 55.0. The molecule has 3 N–H and O–H groups in total. The Labute approximate surface area is 347 Å². The number of hydrogen-bond acceptors (Lipinski definition) is 5. The van der Waals surface area contributed by atoms with E-state index in [-0.39, 0.29) is 19.1 Å². The van der Waals surface area contributed by atoms with Gasteiger partial charge in [-0.15, -0.1) is 0 Å². The summed E-state index contributed by atoms with van der Waals surface area (Å²) >= 11 is 0. The molecule has 1 amide bonds. The van der Waals surface area contributed by atoms with E-state index in [0.717, 1.165) is 38.5 Å². The van der Waals surface area contributed by atoms with Crippen molar-refractivity contribution in [3.63, 3.8) is 0 Å². The van der Waals surface area contributed by atoms with Crippen molar-refractivity contribution in [2.24, 2.45) is 0 Å². The second-order valence-corrected chi connectivity index (χ2v) is 18.9. The highest BCUT2D eigenvalue weighted by Gasteiger charge is 2.27. The average Bonchev–Trinajstić information content (AvgIpc) is 3.15. The van der Waals surface area contributed by atoms with Crippen molar-refractivity contribution >= 4 is 13.7 Å². The topological polar surface area (TPSA) is 105 Å². The van der Waals surface area contributed by atoms with E-state index in [9.17, 15) is 19.4 Å². The summed E-state index contributed by atoms with van der Waals surface area (Å²) in [5.41, 5.74) is 0. The van der Waals surface area contributed by atoms with Gasteiger partial charge in [0.25, 0.3) is 0 Å². The average molecular weight is 814 g/mol. The molecule has 0 aromatic rings. The maximum Gasteiger partial charge on any atom is 0.472 e. The molecule has 0 radical (unpaired) electrons. The lowest BCUT2D eigenvalue weighted by atomic mass is 10.0. The van der Waals surface area contributed by atoms with E-state index in [1.165, 1.54) is 161 Å². The molecule has 0 saturated carbocycles. The second-order valence-electron chi connectivity index (χ2n) is 17.5. The highest BCUT2D eigenvalue weighted by Crippen LogP contribution is 2.43. The molecule has 0 saturated heterocycles. The van der Waals surface area contributed by atoms with Gasteiger partial charge in [-0.25, -0.2) is 4.57 Å². The second kappa shape index (κ2) is 39.4. The van der Waals surface area contributed by atoms with Gasteiger partial charge >= 0.3 is 7.82 Å². The van der Waals surface area contributed by atoms with Crippen molar-refractivity contribution in [3.05, 3.63) is 24.3 Å². The van der Waals surface area contributed by atoms with Gasteiger partial charge in [-0.2, -0.15) is 0 Å². The minimum atomic E-state index is -4.33. The number of likely N-dealkylation sites (N-methyl/N-ethyl adjacent to an activating group) is 1. The lowest BCUT2D eigenvalue weighted by Crippen LogP contribution is -2.45. The molecule has 8 nitrogen and oxygen atoms in total. The van der Waals surface area contributed by atoms with E-state index in [4.69, 9.17) is 9.05 Å². The lowest BCUT2D eigenvalue weighted by Gasteiger charge is -2.25. The van der Waals surface area contributed by atoms with Crippen molar-refractivity contribution in [3.8, 4) is 0 Å². The van der Waals surface area contributed by atoms with Gasteiger partial charge in [-0.1, -0.05) is 192 Å². The molecule has 332 valence electrons. The van der Waals surface area contributed by atoms with Gasteiger partial charge in [-0.05, 0) is 44.9 Å². The van der Waals surface area contributed by atoms with Crippen LogP contribution in [0.1, 0.15) is 219 Å². The summed E-state index contributed by atoms with van der Waals surface area (Å²) < 4.78 is 23.5. The van der Waals surface area contributed by atoms with Crippen molar-refractivity contribution in [1.82, 2.24) is 5.32 Å². The van der Waals surface area contributed by atoms with Crippen LogP contribution in [0.5, 0.6) is 0 Å². The SMILES string of the molecule is CCCCCCCCCCC/C=C/C(O)C(COP(=O)(O)OCC[N+](C)(C)C)NC(=O)CCCCCCCCC/C=C\CCCCCCCCCCCCCC. The number of nitrogens with zero attached hydrogens (tertiary/aromatic N) is 1. The Morgan fingerprint density at radius 2 is 0.964 bits per heavy atom. The summed E-state index contributed by atoms with van der Waals surface area (Å²) in [6, 6.07) is -0.845. The Bertz CT molecular complexity index is 969. The number of unbranched alkanes of at least 4 members (excludes halogenated alkanes) is 28. The molecule has 3 unspecified atom stereocenters. The molecule has 0 aromatic carbocycles. The summed E-state index contributed by atoms with van der Waals surface area (Å²) in [4.78, 5) is 23.1. The zero-order valence-electron chi connectivity index (χ0n) is 37.6. The van der Waals surface area contributed by atoms with Crippen LogP contribution < -0.4 is 5.32 Å². The summed E-state index contributed by atoms with van der Waals surface area (Å²) in [7, 11) is 1.57. The summed E-state index contributed by atoms with van der Waals surface area (Å²) in [5.74, 6) is -0.181. The monoisotopic (exact) mass is 814 g/mol. The third-order valence-electron chi connectivity index (χ3n) is 10.7. The van der Waals surface area contributed by atoms with Gasteiger partial charge in [0.1, 0.15) is 13.2 Å². The summed E-state index contributed by atoms with van der Waals surface area (Å²) in [6.07, 6.45) is 46.8. The zero-order valence-corrected chi connectivity index (χ0v) is 38.5. The van der Waals surface area contributed by atoms with E-state index in [2.05, 4.69) is 31.3 Å². The van der Waals surface area contributed by atoms with Crippen LogP contribution >= 0.6 is 7.82 Å². The fraction of sp³-hybridized carbons (Fsp3) is 0.894. The van der Waals surface area contributed by atoms with Crippen molar-refractivity contribution in [1.29, 1.82) is 0 Å². The number of amides is 1. The van der Waals surface area contributed by atoms with E-state index in [0.29, 0.717) is 17.4 Å². The van der Waals surface area contributed by atoms with Crippen LogP contribution in [0.2, 0.25) is 0 Å². The van der Waals surface area contributed by atoms with Crippen LogP contribution in [0.3, 0.4) is 0 Å². The number of quaternary nitrogens is 1. The van der Waals surface area contributed by atoms with Crippen molar-refractivity contribution in [2.75, 3.05) is 40.9 Å². The van der Waals surface area contributed by atoms with Gasteiger partial charge in [0.2, 0.25) is 5.91 Å². The first-order valence-electron chi connectivity index (χ1n) is 23.7. The van der Waals surface area contributed by atoms with E-state index < -0.39 is 20.0 Å². The molecular weight excluding hydrogens is 719 g/mol. The van der Waals surface area contributed by atoms with E-state index in [1.54, 1.807) is 6.08 Å². The molecule has 56 heavy (non-hydrogen) atoms. The molecule has 0 aromatic heterocycles. The third-order valence-corrected chi connectivity index (χ3v) is 11.6. The van der Waals surface area contributed by atoms with Gasteiger partial charge in [0.15, 0.2) is 0 Å². The minimum absolute atomic E-state index is 0.0616. The van der Waals surface area contributed by atoms with Crippen LogP contribution in [0.15, 0.2) is 24.3 Å². The number of phosphoric acid groups is 1. The number of phosphoric ester groups is 1. The Hall–Kier alpha value is -1.02. The van der Waals surface area contributed by atoms with Gasteiger partial charge in [0, 0.05) is 6.42 Å². The first-order valence-corrected chi connectivity index (χ1v) is 25.2. The predicted octanol–water partition coefficient (Wildman–Crippen LogP) is 13.3. The molecule has 0 rings (SSSR count). The molecule has 0 aliphatic rings. The largest absolute Gasteiger partial charge is 0.472 e. The predicted molar refractivity (Wildman–Crippen MR) is 240 cm³/mol. The van der Waals surface area contributed by atoms with Gasteiger partial charge < -0.3 is 19.8 Å². The molecule has 3 atom stereocenters. The number of nitrogens with one attached hydrogen (secondary N) is 1. The number of aliphatic hydroxyl groups excluding tert-OH is 1. The minimum Gasteiger partial charge on any atom is -0.387 e. The summed E-state index contributed by atoms with van der Waals surface area (Å²) in [5, 5.41) is 13.8. The maximum absolute atomic E-state index is 12.9. The van der Waals surface area contributed by atoms with Crippen LogP contribution in [0.4, 0.5) is 0 Å². The Morgan fingerprint density at radius 1 is 0.589 bits per heavy atom. The Morgan fingerprint density at radius 3 is 1.38 bits per heavy atom. The zero-order chi connectivity index (χ0) is 41.4. The number of carbonyl (C=O) groups is 1.